The molecule has 2 N–H and O–H groups in total. The first kappa shape index (κ1) is 13.6. The van der Waals surface area contributed by atoms with Gasteiger partial charge in [0.25, 0.3) is 0 Å². The first-order valence-electron chi connectivity index (χ1n) is 6.56. The van der Waals surface area contributed by atoms with Gasteiger partial charge in [-0.25, -0.2) is 0 Å². The Morgan fingerprint density at radius 3 is 2.53 bits per heavy atom. The molecule has 92 valence electrons. The highest BCUT2D eigenvalue weighted by atomic mass is 14.6. The number of rotatable bonds is 7. The van der Waals surface area contributed by atoms with Gasteiger partial charge in [0.05, 0.1) is 5.56 Å². The van der Waals surface area contributed by atoms with Crippen molar-refractivity contribution in [3.63, 3.8) is 0 Å². The molecular formula is C15H22N2. The molecule has 0 spiro atoms. The molecule has 1 aromatic carbocycles. The lowest BCUT2D eigenvalue weighted by Gasteiger charge is -2.04. The van der Waals surface area contributed by atoms with Crippen LogP contribution in [0.1, 0.15) is 56.6 Å². The summed E-state index contributed by atoms with van der Waals surface area (Å²) in [4.78, 5) is 0. The van der Waals surface area contributed by atoms with E-state index in [-0.39, 0.29) is 0 Å². The van der Waals surface area contributed by atoms with E-state index in [0.29, 0.717) is 11.3 Å². The zero-order chi connectivity index (χ0) is 12.5. The molecule has 0 bridgehead atoms. The Labute approximate surface area is 104 Å². The largest absolute Gasteiger partial charge is 0.398 e. The third kappa shape index (κ3) is 4.91. The van der Waals surface area contributed by atoms with E-state index in [1.165, 1.54) is 44.1 Å². The minimum atomic E-state index is 0.583. The van der Waals surface area contributed by atoms with Crippen LogP contribution in [0.2, 0.25) is 0 Å². The second kappa shape index (κ2) is 7.73. The third-order valence-electron chi connectivity index (χ3n) is 3.06. The van der Waals surface area contributed by atoms with Crippen LogP contribution in [0, 0.1) is 11.3 Å². The minimum Gasteiger partial charge on any atom is -0.398 e. The lowest BCUT2D eigenvalue weighted by Crippen LogP contribution is -1.93. The molecule has 1 rings (SSSR count). The van der Waals surface area contributed by atoms with Crippen molar-refractivity contribution in [2.24, 2.45) is 0 Å². The molecule has 17 heavy (non-hydrogen) atoms. The molecule has 0 amide bonds. The lowest BCUT2D eigenvalue weighted by atomic mass is 10.0. The lowest BCUT2D eigenvalue weighted by molar-refractivity contribution is 0.607. The van der Waals surface area contributed by atoms with Crippen LogP contribution in [0.5, 0.6) is 0 Å². The smallest absolute Gasteiger partial charge is 0.101 e. The number of nitrogens with zero attached hydrogens (tertiary/aromatic N) is 1. The van der Waals surface area contributed by atoms with Crippen LogP contribution < -0.4 is 5.73 Å². The Hall–Kier alpha value is -1.49. The van der Waals surface area contributed by atoms with Crippen LogP contribution in [0.4, 0.5) is 5.69 Å². The van der Waals surface area contributed by atoms with E-state index in [2.05, 4.69) is 13.0 Å². The molecule has 0 atom stereocenters. The fourth-order valence-electron chi connectivity index (χ4n) is 1.97. The number of hydrogen-bond donors (Lipinski definition) is 1. The van der Waals surface area contributed by atoms with Crippen molar-refractivity contribution in [3.05, 3.63) is 29.3 Å². The van der Waals surface area contributed by atoms with Crippen molar-refractivity contribution in [2.75, 3.05) is 5.73 Å². The SMILES string of the molecule is CCCCCCCCc1ccc(N)c(C#N)c1. The van der Waals surface area contributed by atoms with Crippen LogP contribution in [-0.2, 0) is 6.42 Å². The van der Waals surface area contributed by atoms with Gasteiger partial charge in [-0.1, -0.05) is 45.1 Å². The third-order valence-corrected chi connectivity index (χ3v) is 3.06. The highest BCUT2D eigenvalue weighted by molar-refractivity contribution is 5.55. The Morgan fingerprint density at radius 1 is 1.12 bits per heavy atom. The summed E-state index contributed by atoms with van der Waals surface area (Å²) in [5.41, 5.74) is 8.10. The molecule has 0 heterocycles. The summed E-state index contributed by atoms with van der Waals surface area (Å²) in [5, 5.41) is 8.88. The van der Waals surface area contributed by atoms with Crippen molar-refractivity contribution in [1.29, 1.82) is 5.26 Å². The van der Waals surface area contributed by atoms with Crippen LogP contribution in [-0.4, -0.2) is 0 Å². The van der Waals surface area contributed by atoms with Crippen LogP contribution >= 0.6 is 0 Å². The molecule has 0 radical (unpaired) electrons. The summed E-state index contributed by atoms with van der Waals surface area (Å²) in [6, 6.07) is 7.92. The molecule has 0 aliphatic heterocycles. The predicted molar refractivity (Wildman–Crippen MR) is 72.6 cm³/mol. The second-order valence-corrected chi connectivity index (χ2v) is 4.55. The molecule has 0 saturated heterocycles. The van der Waals surface area contributed by atoms with Crippen molar-refractivity contribution < 1.29 is 0 Å². The summed E-state index contributed by atoms with van der Waals surface area (Å²) < 4.78 is 0. The highest BCUT2D eigenvalue weighted by Gasteiger charge is 2.00. The molecule has 2 nitrogen and oxygen atoms in total. The van der Waals surface area contributed by atoms with Crippen molar-refractivity contribution >= 4 is 5.69 Å². The molecule has 1 aromatic rings. The number of benzene rings is 1. The highest BCUT2D eigenvalue weighted by Crippen LogP contribution is 2.15. The Bertz CT molecular complexity index is 377. The normalized spacial score (nSPS) is 10.1. The maximum atomic E-state index is 8.88. The molecule has 0 aromatic heterocycles. The molecule has 0 saturated carbocycles. The van der Waals surface area contributed by atoms with E-state index < -0.39 is 0 Å². The van der Waals surface area contributed by atoms with E-state index in [4.69, 9.17) is 11.0 Å². The first-order chi connectivity index (χ1) is 8.27. The van der Waals surface area contributed by atoms with Gasteiger partial charge in [-0.2, -0.15) is 5.26 Å². The van der Waals surface area contributed by atoms with Gasteiger partial charge in [0.15, 0.2) is 0 Å². The summed E-state index contributed by atoms with van der Waals surface area (Å²) >= 11 is 0. The van der Waals surface area contributed by atoms with Crippen molar-refractivity contribution in [1.82, 2.24) is 0 Å². The molecule has 0 unspecified atom stereocenters. The van der Waals surface area contributed by atoms with Gasteiger partial charge < -0.3 is 5.73 Å². The topological polar surface area (TPSA) is 49.8 Å². The van der Waals surface area contributed by atoms with Gasteiger partial charge in [0, 0.05) is 5.69 Å². The van der Waals surface area contributed by atoms with Crippen LogP contribution in [0.3, 0.4) is 0 Å². The average molecular weight is 230 g/mol. The fraction of sp³-hybridized carbons (Fsp3) is 0.533. The van der Waals surface area contributed by atoms with Gasteiger partial charge in [0.2, 0.25) is 0 Å². The zero-order valence-electron chi connectivity index (χ0n) is 10.7. The standard InChI is InChI=1S/C15H22N2/c1-2-3-4-5-6-7-8-13-9-10-15(17)14(11-13)12-16/h9-11H,2-8,17H2,1H3. The molecule has 0 aliphatic carbocycles. The van der Waals surface area contributed by atoms with Gasteiger partial charge in [-0.05, 0) is 30.5 Å². The number of hydrogen-bond acceptors (Lipinski definition) is 2. The number of nitrogen functional groups attached to an aromatic ring is 1. The number of anilines is 1. The quantitative estimate of drug-likeness (QED) is 0.567. The number of unbranched alkanes of at least 4 members (excludes halogenated alkanes) is 5. The second-order valence-electron chi connectivity index (χ2n) is 4.55. The van der Waals surface area contributed by atoms with Crippen molar-refractivity contribution in [2.45, 2.75) is 51.9 Å². The van der Waals surface area contributed by atoms with E-state index in [9.17, 15) is 0 Å². The Balaban J connectivity index is 2.30. The number of nitrogens with two attached hydrogens (primary N) is 1. The molecule has 0 aliphatic rings. The van der Waals surface area contributed by atoms with Gasteiger partial charge in [0.1, 0.15) is 6.07 Å². The number of nitriles is 1. The summed E-state index contributed by atoms with van der Waals surface area (Å²) in [6.07, 6.45) is 8.87. The zero-order valence-corrected chi connectivity index (χ0v) is 10.7. The summed E-state index contributed by atoms with van der Waals surface area (Å²) in [5.74, 6) is 0. The van der Waals surface area contributed by atoms with E-state index in [1.807, 2.05) is 18.2 Å². The maximum absolute atomic E-state index is 8.88. The van der Waals surface area contributed by atoms with E-state index in [0.717, 1.165) is 6.42 Å². The van der Waals surface area contributed by atoms with Gasteiger partial charge >= 0.3 is 0 Å². The number of aryl methyl sites for hydroxylation is 1. The van der Waals surface area contributed by atoms with E-state index in [1.54, 1.807) is 0 Å². The maximum Gasteiger partial charge on any atom is 0.101 e. The monoisotopic (exact) mass is 230 g/mol. The Morgan fingerprint density at radius 2 is 1.82 bits per heavy atom. The van der Waals surface area contributed by atoms with Crippen LogP contribution in [0.15, 0.2) is 18.2 Å². The minimum absolute atomic E-state index is 0.583. The average Bonchev–Trinajstić information content (AvgIpc) is 2.35. The Kier molecular flexibility index (Phi) is 6.17. The van der Waals surface area contributed by atoms with E-state index >= 15 is 0 Å². The first-order valence-corrected chi connectivity index (χ1v) is 6.56. The fourth-order valence-corrected chi connectivity index (χ4v) is 1.97. The predicted octanol–water partition coefficient (Wildman–Crippen LogP) is 4.04. The van der Waals surface area contributed by atoms with Crippen molar-refractivity contribution in [3.8, 4) is 6.07 Å². The summed E-state index contributed by atoms with van der Waals surface area (Å²) in [6.45, 7) is 2.23. The van der Waals surface area contributed by atoms with Gasteiger partial charge in [-0.3, -0.25) is 0 Å². The molecule has 2 heteroatoms. The summed E-state index contributed by atoms with van der Waals surface area (Å²) in [7, 11) is 0. The molecule has 0 fully saturated rings. The van der Waals surface area contributed by atoms with Gasteiger partial charge in [-0.15, -0.1) is 0 Å². The molecular weight excluding hydrogens is 208 g/mol. The van der Waals surface area contributed by atoms with Crippen LogP contribution in [0.25, 0.3) is 0 Å².